The molecule has 0 amide bonds. The van der Waals surface area contributed by atoms with Gasteiger partial charge in [0.25, 0.3) is 0 Å². The second-order valence-corrected chi connectivity index (χ2v) is 6.48. The molecule has 2 rings (SSSR count). The van der Waals surface area contributed by atoms with Crippen LogP contribution in [-0.4, -0.2) is 12.6 Å². The Hall–Kier alpha value is -0.820. The van der Waals surface area contributed by atoms with E-state index in [1.807, 2.05) is 0 Å². The third-order valence-corrected chi connectivity index (χ3v) is 4.79. The molecule has 1 saturated carbocycles. The maximum Gasteiger partial charge on any atom is 0.00987 e. The Morgan fingerprint density at radius 2 is 1.85 bits per heavy atom. The minimum absolute atomic E-state index is 0.739. The molecule has 20 heavy (non-hydrogen) atoms. The lowest BCUT2D eigenvalue weighted by molar-refractivity contribution is 0.194. The van der Waals surface area contributed by atoms with E-state index in [4.69, 9.17) is 0 Å². The monoisotopic (exact) mass is 273 g/mol. The van der Waals surface area contributed by atoms with Crippen LogP contribution in [0.5, 0.6) is 0 Å². The van der Waals surface area contributed by atoms with Crippen molar-refractivity contribution in [1.29, 1.82) is 0 Å². The van der Waals surface area contributed by atoms with Gasteiger partial charge in [-0.1, -0.05) is 57.0 Å². The zero-order valence-electron chi connectivity index (χ0n) is 13.3. The first-order valence-corrected chi connectivity index (χ1v) is 8.60. The van der Waals surface area contributed by atoms with E-state index in [1.54, 1.807) is 0 Å². The fourth-order valence-corrected chi connectivity index (χ4v) is 3.77. The van der Waals surface area contributed by atoms with E-state index in [0.29, 0.717) is 0 Å². The molecule has 112 valence electrons. The largest absolute Gasteiger partial charge is 0.314 e. The van der Waals surface area contributed by atoms with E-state index in [2.05, 4.69) is 49.5 Å². The van der Waals surface area contributed by atoms with Crippen LogP contribution in [0.2, 0.25) is 0 Å². The van der Waals surface area contributed by atoms with Crippen molar-refractivity contribution < 1.29 is 0 Å². The number of benzene rings is 1. The molecule has 1 aliphatic rings. The second kappa shape index (κ2) is 8.46. The lowest BCUT2D eigenvalue weighted by Gasteiger charge is -2.37. The molecule has 0 bridgehead atoms. The smallest absolute Gasteiger partial charge is 0.00987 e. The summed E-state index contributed by atoms with van der Waals surface area (Å²) in [6.07, 6.45) is 9.49. The second-order valence-electron chi connectivity index (χ2n) is 6.48. The third kappa shape index (κ3) is 4.63. The lowest BCUT2D eigenvalue weighted by atomic mass is 9.74. The SMILES string of the molecule is CCCNC1CCC(CCC)CC1Cc1ccccc1. The molecule has 1 heteroatoms. The molecule has 1 aliphatic carbocycles. The van der Waals surface area contributed by atoms with Gasteiger partial charge in [-0.25, -0.2) is 0 Å². The summed E-state index contributed by atoms with van der Waals surface area (Å²) in [5, 5.41) is 3.80. The molecule has 0 aliphatic heterocycles. The van der Waals surface area contributed by atoms with Gasteiger partial charge in [0.1, 0.15) is 0 Å². The van der Waals surface area contributed by atoms with Gasteiger partial charge < -0.3 is 5.32 Å². The summed E-state index contributed by atoms with van der Waals surface area (Å²) in [4.78, 5) is 0. The summed E-state index contributed by atoms with van der Waals surface area (Å²) in [6, 6.07) is 11.8. The Bertz CT molecular complexity index is 359. The van der Waals surface area contributed by atoms with Gasteiger partial charge in [0, 0.05) is 6.04 Å². The van der Waals surface area contributed by atoms with Crippen molar-refractivity contribution in [2.24, 2.45) is 11.8 Å². The van der Waals surface area contributed by atoms with Crippen LogP contribution >= 0.6 is 0 Å². The van der Waals surface area contributed by atoms with Crippen molar-refractivity contribution in [2.45, 2.75) is 64.8 Å². The number of rotatable bonds is 7. The van der Waals surface area contributed by atoms with Crippen molar-refractivity contribution >= 4 is 0 Å². The predicted octanol–water partition coefficient (Wildman–Crippen LogP) is 4.81. The molecule has 0 saturated heterocycles. The predicted molar refractivity (Wildman–Crippen MR) is 88.0 cm³/mol. The molecular formula is C19H31N. The molecule has 0 spiro atoms. The summed E-state index contributed by atoms with van der Waals surface area (Å²) in [5.74, 6) is 1.79. The van der Waals surface area contributed by atoms with Crippen molar-refractivity contribution in [1.82, 2.24) is 5.32 Å². The number of hydrogen-bond donors (Lipinski definition) is 1. The Kier molecular flexibility index (Phi) is 6.59. The summed E-state index contributed by atoms with van der Waals surface area (Å²) in [6.45, 7) is 5.77. The van der Waals surface area contributed by atoms with Gasteiger partial charge >= 0.3 is 0 Å². The maximum atomic E-state index is 3.80. The highest BCUT2D eigenvalue weighted by molar-refractivity contribution is 5.16. The topological polar surface area (TPSA) is 12.0 Å². The first-order chi connectivity index (χ1) is 9.83. The fourth-order valence-electron chi connectivity index (χ4n) is 3.77. The molecule has 0 radical (unpaired) electrons. The van der Waals surface area contributed by atoms with Crippen LogP contribution in [-0.2, 0) is 6.42 Å². The van der Waals surface area contributed by atoms with Crippen LogP contribution in [0.25, 0.3) is 0 Å². The standard InChI is InChI=1S/C19H31N/c1-3-8-16-11-12-19(20-13-4-2)18(14-16)15-17-9-6-5-7-10-17/h5-7,9-10,16,18-20H,3-4,8,11-15H2,1-2H3. The Morgan fingerprint density at radius 3 is 2.55 bits per heavy atom. The Balaban J connectivity index is 1.97. The Morgan fingerprint density at radius 1 is 1.05 bits per heavy atom. The molecular weight excluding hydrogens is 242 g/mol. The van der Waals surface area contributed by atoms with Gasteiger partial charge in [-0.3, -0.25) is 0 Å². The highest BCUT2D eigenvalue weighted by atomic mass is 14.9. The van der Waals surface area contributed by atoms with Crippen LogP contribution in [0.4, 0.5) is 0 Å². The molecule has 1 nitrogen and oxygen atoms in total. The zero-order chi connectivity index (χ0) is 14.2. The van der Waals surface area contributed by atoms with Gasteiger partial charge in [-0.15, -0.1) is 0 Å². The van der Waals surface area contributed by atoms with E-state index in [1.165, 1.54) is 57.1 Å². The van der Waals surface area contributed by atoms with Crippen molar-refractivity contribution in [2.75, 3.05) is 6.54 Å². The first-order valence-electron chi connectivity index (χ1n) is 8.60. The van der Waals surface area contributed by atoms with Crippen molar-refractivity contribution in [3.63, 3.8) is 0 Å². The van der Waals surface area contributed by atoms with E-state index < -0.39 is 0 Å². The summed E-state index contributed by atoms with van der Waals surface area (Å²) in [5.41, 5.74) is 1.51. The van der Waals surface area contributed by atoms with Crippen LogP contribution in [0.15, 0.2) is 30.3 Å². The van der Waals surface area contributed by atoms with E-state index in [-0.39, 0.29) is 0 Å². The van der Waals surface area contributed by atoms with E-state index in [0.717, 1.165) is 17.9 Å². The highest BCUT2D eigenvalue weighted by Gasteiger charge is 2.29. The zero-order valence-corrected chi connectivity index (χ0v) is 13.3. The number of hydrogen-bond acceptors (Lipinski definition) is 1. The first kappa shape index (κ1) is 15.6. The van der Waals surface area contributed by atoms with Crippen LogP contribution in [0.3, 0.4) is 0 Å². The van der Waals surface area contributed by atoms with Crippen molar-refractivity contribution in [3.8, 4) is 0 Å². The molecule has 0 aromatic heterocycles. The van der Waals surface area contributed by atoms with E-state index >= 15 is 0 Å². The van der Waals surface area contributed by atoms with E-state index in [9.17, 15) is 0 Å². The summed E-state index contributed by atoms with van der Waals surface area (Å²) in [7, 11) is 0. The molecule has 1 N–H and O–H groups in total. The normalized spacial score (nSPS) is 26.6. The van der Waals surface area contributed by atoms with Gasteiger partial charge in [-0.2, -0.15) is 0 Å². The Labute approximate surface area is 125 Å². The molecule has 0 heterocycles. The summed E-state index contributed by atoms with van der Waals surface area (Å²) >= 11 is 0. The molecule has 1 fully saturated rings. The molecule has 3 unspecified atom stereocenters. The molecule has 1 aromatic carbocycles. The minimum Gasteiger partial charge on any atom is -0.314 e. The number of nitrogens with one attached hydrogen (secondary N) is 1. The van der Waals surface area contributed by atoms with Gasteiger partial charge in [0.2, 0.25) is 0 Å². The summed E-state index contributed by atoms with van der Waals surface area (Å²) < 4.78 is 0. The van der Waals surface area contributed by atoms with Crippen LogP contribution in [0, 0.1) is 11.8 Å². The van der Waals surface area contributed by atoms with Crippen molar-refractivity contribution in [3.05, 3.63) is 35.9 Å². The maximum absolute atomic E-state index is 3.80. The van der Waals surface area contributed by atoms with Crippen LogP contribution in [0.1, 0.15) is 57.9 Å². The lowest BCUT2D eigenvalue weighted by Crippen LogP contribution is -2.42. The molecule has 1 aromatic rings. The van der Waals surface area contributed by atoms with Gasteiger partial charge in [0.15, 0.2) is 0 Å². The quantitative estimate of drug-likeness (QED) is 0.751. The van der Waals surface area contributed by atoms with Gasteiger partial charge in [0.05, 0.1) is 0 Å². The molecule has 3 atom stereocenters. The fraction of sp³-hybridized carbons (Fsp3) is 0.684. The third-order valence-electron chi connectivity index (χ3n) is 4.79. The average Bonchev–Trinajstić information content (AvgIpc) is 2.48. The highest BCUT2D eigenvalue weighted by Crippen LogP contribution is 2.34. The van der Waals surface area contributed by atoms with Gasteiger partial charge in [-0.05, 0) is 56.0 Å². The average molecular weight is 273 g/mol. The van der Waals surface area contributed by atoms with Crippen LogP contribution < -0.4 is 5.32 Å². The minimum atomic E-state index is 0.739.